The predicted octanol–water partition coefficient (Wildman–Crippen LogP) is 5.04. The summed E-state index contributed by atoms with van der Waals surface area (Å²) in [6.07, 6.45) is 0.275. The zero-order valence-corrected chi connectivity index (χ0v) is 18.0. The topological polar surface area (TPSA) is 64.7 Å². The van der Waals surface area contributed by atoms with Crippen LogP contribution < -0.4 is 5.32 Å². The third-order valence-electron chi connectivity index (χ3n) is 4.41. The zero-order valence-electron chi connectivity index (χ0n) is 15.8. The minimum absolute atomic E-state index is 0.136. The lowest BCUT2D eigenvalue weighted by atomic mass is 10.2. The molecule has 3 rings (SSSR count). The Morgan fingerprint density at radius 3 is 2.43 bits per heavy atom. The monoisotopic (exact) mass is 439 g/mol. The van der Waals surface area contributed by atoms with E-state index in [1.165, 1.54) is 0 Å². The molecule has 0 bridgehead atoms. The molecular weight excluding hydrogens is 421 g/mol. The van der Waals surface area contributed by atoms with Gasteiger partial charge >= 0.3 is 0 Å². The van der Waals surface area contributed by atoms with E-state index in [9.17, 15) is 4.79 Å². The second kappa shape index (κ2) is 8.55. The molecule has 0 fully saturated rings. The molecule has 0 saturated heterocycles. The van der Waals surface area contributed by atoms with E-state index in [2.05, 4.69) is 15.5 Å². The fourth-order valence-corrected chi connectivity index (χ4v) is 3.30. The molecule has 1 aromatic carbocycles. The smallest absolute Gasteiger partial charge is 0.227 e. The number of nitrogens with one attached hydrogen (secondary N) is 1. The molecule has 0 aliphatic rings. The van der Waals surface area contributed by atoms with Crippen molar-refractivity contribution in [3.8, 4) is 0 Å². The number of benzene rings is 1. The quantitative estimate of drug-likeness (QED) is 0.584. The van der Waals surface area contributed by atoms with E-state index in [0.29, 0.717) is 34.0 Å². The highest BCUT2D eigenvalue weighted by Gasteiger charge is 2.12. The van der Waals surface area contributed by atoms with Crippen LogP contribution in [0.3, 0.4) is 0 Å². The van der Waals surface area contributed by atoms with E-state index in [0.717, 1.165) is 22.6 Å². The van der Waals surface area contributed by atoms with Crippen LogP contribution in [0.25, 0.3) is 0 Å². The Bertz CT molecular complexity index is 1020. The highest BCUT2D eigenvalue weighted by atomic mass is 35.5. The van der Waals surface area contributed by atoms with Crippen LogP contribution in [-0.2, 0) is 17.9 Å². The molecule has 0 spiro atoms. The fourth-order valence-electron chi connectivity index (χ4n) is 2.85. The first-order chi connectivity index (χ1) is 13.2. The fraction of sp³-hybridized carbons (Fsp3) is 0.316. The first-order valence-corrected chi connectivity index (χ1v) is 9.85. The van der Waals surface area contributed by atoms with Crippen molar-refractivity contribution in [1.29, 1.82) is 0 Å². The summed E-state index contributed by atoms with van der Waals surface area (Å²) in [5, 5.41) is 13.3. The molecule has 1 N–H and O–H groups in total. The summed E-state index contributed by atoms with van der Waals surface area (Å²) < 4.78 is 3.54. The Balaban J connectivity index is 1.61. The van der Waals surface area contributed by atoms with Crippen molar-refractivity contribution in [3.05, 3.63) is 62.0 Å². The average Bonchev–Trinajstić information content (AvgIpc) is 3.10. The molecular formula is C19H20Cl3N5O. The molecule has 0 radical (unpaired) electrons. The molecule has 0 aliphatic heterocycles. The van der Waals surface area contributed by atoms with Gasteiger partial charge in [-0.2, -0.15) is 10.2 Å². The van der Waals surface area contributed by atoms with E-state index < -0.39 is 0 Å². The molecule has 0 saturated carbocycles. The van der Waals surface area contributed by atoms with Crippen molar-refractivity contribution in [2.45, 2.75) is 40.3 Å². The van der Waals surface area contributed by atoms with Crippen molar-refractivity contribution in [2.24, 2.45) is 0 Å². The standard InChI is InChI=1S/C19H20Cl3N5O/c1-11-8-17(25-27(11)10-14-4-5-15(20)16(21)9-14)23-18(28)6-7-26-13(3)19(22)12(2)24-26/h4-5,8-9H,6-7,10H2,1-3H3,(H,23,25,28). The molecule has 0 atom stereocenters. The molecule has 1 amide bonds. The van der Waals surface area contributed by atoms with Crippen molar-refractivity contribution in [3.63, 3.8) is 0 Å². The number of rotatable bonds is 6. The minimum Gasteiger partial charge on any atom is -0.309 e. The van der Waals surface area contributed by atoms with Crippen LogP contribution in [0.15, 0.2) is 24.3 Å². The van der Waals surface area contributed by atoms with Crippen LogP contribution >= 0.6 is 34.8 Å². The number of carbonyl (C=O) groups excluding carboxylic acids is 1. The van der Waals surface area contributed by atoms with Crippen LogP contribution in [0.5, 0.6) is 0 Å². The summed E-state index contributed by atoms with van der Waals surface area (Å²) >= 11 is 18.2. The van der Waals surface area contributed by atoms with E-state index in [1.54, 1.807) is 15.4 Å². The maximum atomic E-state index is 12.3. The molecule has 0 unspecified atom stereocenters. The average molecular weight is 441 g/mol. The van der Waals surface area contributed by atoms with Gasteiger partial charge in [0.25, 0.3) is 0 Å². The van der Waals surface area contributed by atoms with Crippen molar-refractivity contribution in [1.82, 2.24) is 19.6 Å². The Morgan fingerprint density at radius 1 is 1.04 bits per heavy atom. The molecule has 2 aromatic heterocycles. The molecule has 2 heterocycles. The largest absolute Gasteiger partial charge is 0.309 e. The van der Waals surface area contributed by atoms with Crippen LogP contribution in [0.2, 0.25) is 15.1 Å². The van der Waals surface area contributed by atoms with Gasteiger partial charge in [0.1, 0.15) is 0 Å². The normalized spacial score (nSPS) is 11.1. The van der Waals surface area contributed by atoms with Crippen LogP contribution in [-0.4, -0.2) is 25.5 Å². The number of hydrogen-bond acceptors (Lipinski definition) is 3. The Hall–Kier alpha value is -2.02. The predicted molar refractivity (Wildman–Crippen MR) is 112 cm³/mol. The lowest BCUT2D eigenvalue weighted by molar-refractivity contribution is -0.116. The number of aryl methyl sites for hydroxylation is 3. The number of anilines is 1. The van der Waals surface area contributed by atoms with Gasteiger partial charge in [0.2, 0.25) is 5.91 Å². The Labute approximate surface area is 178 Å². The number of halogens is 3. The zero-order chi connectivity index (χ0) is 20.4. The van der Waals surface area contributed by atoms with Crippen molar-refractivity contribution < 1.29 is 4.79 Å². The van der Waals surface area contributed by atoms with Gasteiger partial charge in [-0.05, 0) is 38.5 Å². The van der Waals surface area contributed by atoms with E-state index in [1.807, 2.05) is 39.0 Å². The van der Waals surface area contributed by atoms with Crippen LogP contribution in [0.4, 0.5) is 5.82 Å². The second-order valence-electron chi connectivity index (χ2n) is 6.58. The third kappa shape index (κ3) is 4.69. The van der Waals surface area contributed by atoms with Gasteiger partial charge in [-0.1, -0.05) is 40.9 Å². The van der Waals surface area contributed by atoms with Gasteiger partial charge in [-0.25, -0.2) is 0 Å². The highest BCUT2D eigenvalue weighted by Crippen LogP contribution is 2.23. The molecule has 0 aliphatic carbocycles. The first-order valence-electron chi connectivity index (χ1n) is 8.72. The number of hydrogen-bond donors (Lipinski definition) is 1. The van der Waals surface area contributed by atoms with Gasteiger partial charge < -0.3 is 5.32 Å². The first kappa shape index (κ1) is 20.7. The van der Waals surface area contributed by atoms with Crippen molar-refractivity contribution in [2.75, 3.05) is 5.32 Å². The minimum atomic E-state index is -0.136. The molecule has 3 aromatic rings. The van der Waals surface area contributed by atoms with Crippen LogP contribution in [0.1, 0.15) is 29.1 Å². The number of carbonyl (C=O) groups is 1. The Kier molecular flexibility index (Phi) is 6.33. The van der Waals surface area contributed by atoms with Gasteiger partial charge in [-0.3, -0.25) is 14.2 Å². The van der Waals surface area contributed by atoms with Gasteiger partial charge in [0.15, 0.2) is 5.82 Å². The summed E-state index contributed by atoms with van der Waals surface area (Å²) in [6.45, 7) is 6.64. The summed E-state index contributed by atoms with van der Waals surface area (Å²) in [6, 6.07) is 7.29. The summed E-state index contributed by atoms with van der Waals surface area (Å²) in [4.78, 5) is 12.3. The molecule has 6 nitrogen and oxygen atoms in total. The number of aromatic nitrogens is 4. The summed E-state index contributed by atoms with van der Waals surface area (Å²) in [5.74, 6) is 0.372. The molecule has 9 heteroatoms. The third-order valence-corrected chi connectivity index (χ3v) is 5.69. The lowest BCUT2D eigenvalue weighted by Gasteiger charge is -2.06. The molecule has 148 valence electrons. The maximum Gasteiger partial charge on any atom is 0.227 e. The number of amides is 1. The second-order valence-corrected chi connectivity index (χ2v) is 7.78. The van der Waals surface area contributed by atoms with E-state index in [-0.39, 0.29) is 12.3 Å². The van der Waals surface area contributed by atoms with Crippen molar-refractivity contribution >= 4 is 46.5 Å². The van der Waals surface area contributed by atoms with E-state index in [4.69, 9.17) is 34.8 Å². The number of nitrogens with zero attached hydrogens (tertiary/aromatic N) is 4. The SMILES string of the molecule is Cc1nn(CCC(=O)Nc2cc(C)n(Cc3ccc(Cl)c(Cl)c3)n2)c(C)c1Cl. The highest BCUT2D eigenvalue weighted by molar-refractivity contribution is 6.42. The summed E-state index contributed by atoms with van der Waals surface area (Å²) in [7, 11) is 0. The summed E-state index contributed by atoms with van der Waals surface area (Å²) in [5.41, 5.74) is 3.51. The van der Waals surface area contributed by atoms with Gasteiger partial charge in [0.05, 0.1) is 39.5 Å². The van der Waals surface area contributed by atoms with Gasteiger partial charge in [0, 0.05) is 18.2 Å². The molecule has 28 heavy (non-hydrogen) atoms. The van der Waals surface area contributed by atoms with Crippen LogP contribution in [0, 0.1) is 20.8 Å². The maximum absolute atomic E-state index is 12.3. The Morgan fingerprint density at radius 2 is 1.79 bits per heavy atom. The van der Waals surface area contributed by atoms with Gasteiger partial charge in [-0.15, -0.1) is 0 Å². The lowest BCUT2D eigenvalue weighted by Crippen LogP contribution is -2.16. The van der Waals surface area contributed by atoms with E-state index >= 15 is 0 Å².